The molecule has 0 nitrogen and oxygen atoms in total. The highest BCUT2D eigenvalue weighted by Crippen LogP contribution is 2.32. The molecule has 0 rings (SSSR count). The van der Waals surface area contributed by atoms with Gasteiger partial charge in [0.25, 0.3) is 0 Å². The predicted molar refractivity (Wildman–Crippen MR) is 75.7 cm³/mol. The molecule has 0 saturated carbocycles. The van der Waals surface area contributed by atoms with E-state index >= 15 is 0 Å². The molecular weight excluding hydrogens is 192 g/mol. The van der Waals surface area contributed by atoms with Gasteiger partial charge in [0.05, 0.1) is 0 Å². The average Bonchev–Trinajstić information content (AvgIpc) is 2.09. The molecule has 96 valence electrons. The van der Waals surface area contributed by atoms with Gasteiger partial charge in [-0.1, -0.05) is 53.2 Å². The Bertz CT molecular complexity index is 198. The fourth-order valence-electron chi connectivity index (χ4n) is 2.83. The van der Waals surface area contributed by atoms with Crippen LogP contribution in [0.4, 0.5) is 0 Å². The standard InChI is InChI=1S/C16H32/c1-8-15(14(4)5)10-9-11-16(6,7)12-13(2)3/h13,15H,4,8-12H2,1-3,5-7H3. The second-order valence-electron chi connectivity index (χ2n) is 6.61. The maximum Gasteiger partial charge on any atom is -0.0211 e. The van der Waals surface area contributed by atoms with E-state index in [9.17, 15) is 0 Å². The van der Waals surface area contributed by atoms with E-state index in [2.05, 4.69) is 48.1 Å². The van der Waals surface area contributed by atoms with Crippen molar-refractivity contribution in [3.05, 3.63) is 12.2 Å². The van der Waals surface area contributed by atoms with Crippen molar-refractivity contribution in [2.45, 2.75) is 73.6 Å². The molecular formula is C16H32. The van der Waals surface area contributed by atoms with Gasteiger partial charge in [-0.3, -0.25) is 0 Å². The summed E-state index contributed by atoms with van der Waals surface area (Å²) >= 11 is 0. The van der Waals surface area contributed by atoms with E-state index in [0.717, 1.165) is 11.8 Å². The van der Waals surface area contributed by atoms with Crippen LogP contribution in [0, 0.1) is 17.3 Å². The molecule has 1 unspecified atom stereocenters. The van der Waals surface area contributed by atoms with Crippen LogP contribution in [0.1, 0.15) is 73.6 Å². The highest BCUT2D eigenvalue weighted by atomic mass is 14.2. The Morgan fingerprint density at radius 1 is 1.25 bits per heavy atom. The van der Waals surface area contributed by atoms with Gasteiger partial charge in [0.2, 0.25) is 0 Å². The van der Waals surface area contributed by atoms with Gasteiger partial charge < -0.3 is 0 Å². The Kier molecular flexibility index (Phi) is 7.03. The smallest absolute Gasteiger partial charge is 0.0211 e. The van der Waals surface area contributed by atoms with Gasteiger partial charge in [-0.05, 0) is 49.9 Å². The summed E-state index contributed by atoms with van der Waals surface area (Å²) in [5, 5.41) is 0. The van der Waals surface area contributed by atoms with Crippen LogP contribution in [0.5, 0.6) is 0 Å². The van der Waals surface area contributed by atoms with Crippen molar-refractivity contribution in [1.29, 1.82) is 0 Å². The van der Waals surface area contributed by atoms with Gasteiger partial charge in [0, 0.05) is 0 Å². The zero-order valence-corrected chi connectivity index (χ0v) is 12.4. The zero-order chi connectivity index (χ0) is 12.8. The molecule has 0 aliphatic heterocycles. The van der Waals surface area contributed by atoms with Crippen LogP contribution in [0.3, 0.4) is 0 Å². The lowest BCUT2D eigenvalue weighted by Gasteiger charge is -2.27. The molecule has 0 bridgehead atoms. The molecule has 0 heterocycles. The third-order valence-electron chi connectivity index (χ3n) is 3.56. The molecule has 0 amide bonds. The lowest BCUT2D eigenvalue weighted by Crippen LogP contribution is -2.15. The Morgan fingerprint density at radius 2 is 1.81 bits per heavy atom. The van der Waals surface area contributed by atoms with E-state index in [4.69, 9.17) is 0 Å². The topological polar surface area (TPSA) is 0 Å². The first-order valence-corrected chi connectivity index (χ1v) is 6.94. The van der Waals surface area contributed by atoms with Crippen LogP contribution in [0.2, 0.25) is 0 Å². The second-order valence-corrected chi connectivity index (χ2v) is 6.61. The number of hydrogen-bond acceptors (Lipinski definition) is 0. The van der Waals surface area contributed by atoms with Crippen molar-refractivity contribution >= 4 is 0 Å². The second kappa shape index (κ2) is 7.14. The van der Waals surface area contributed by atoms with Crippen molar-refractivity contribution in [2.75, 3.05) is 0 Å². The Morgan fingerprint density at radius 3 is 2.19 bits per heavy atom. The van der Waals surface area contributed by atoms with Crippen molar-refractivity contribution in [1.82, 2.24) is 0 Å². The Balaban J connectivity index is 3.91. The number of allylic oxidation sites excluding steroid dienone is 1. The van der Waals surface area contributed by atoms with E-state index in [1.54, 1.807) is 0 Å². The summed E-state index contributed by atoms with van der Waals surface area (Å²) in [6, 6.07) is 0. The first kappa shape index (κ1) is 15.7. The lowest BCUT2D eigenvalue weighted by atomic mass is 9.78. The molecule has 0 N–H and O–H groups in total. The molecule has 0 fully saturated rings. The fourth-order valence-corrected chi connectivity index (χ4v) is 2.83. The van der Waals surface area contributed by atoms with Gasteiger partial charge in [0.1, 0.15) is 0 Å². The summed E-state index contributed by atoms with van der Waals surface area (Å²) in [4.78, 5) is 0. The van der Waals surface area contributed by atoms with Crippen LogP contribution in [0.25, 0.3) is 0 Å². The van der Waals surface area contributed by atoms with E-state index < -0.39 is 0 Å². The third-order valence-corrected chi connectivity index (χ3v) is 3.56. The largest absolute Gasteiger partial charge is 0.0999 e. The number of hydrogen-bond donors (Lipinski definition) is 0. The van der Waals surface area contributed by atoms with Gasteiger partial charge >= 0.3 is 0 Å². The summed E-state index contributed by atoms with van der Waals surface area (Å²) in [5.74, 6) is 1.56. The Labute approximate surface area is 104 Å². The molecule has 0 radical (unpaired) electrons. The molecule has 1 atom stereocenters. The molecule has 0 aromatic rings. The van der Waals surface area contributed by atoms with Gasteiger partial charge in [-0.15, -0.1) is 0 Å². The molecule has 0 spiro atoms. The van der Waals surface area contributed by atoms with Crippen LogP contribution >= 0.6 is 0 Å². The highest BCUT2D eigenvalue weighted by molar-refractivity contribution is 4.95. The first-order chi connectivity index (χ1) is 7.28. The average molecular weight is 224 g/mol. The van der Waals surface area contributed by atoms with Crippen molar-refractivity contribution < 1.29 is 0 Å². The molecule has 0 aliphatic carbocycles. The molecule has 0 aromatic carbocycles. The lowest BCUT2D eigenvalue weighted by molar-refractivity contribution is 0.252. The summed E-state index contributed by atoms with van der Waals surface area (Å²) in [6.45, 7) is 18.0. The summed E-state index contributed by atoms with van der Waals surface area (Å²) < 4.78 is 0. The Hall–Kier alpha value is -0.260. The van der Waals surface area contributed by atoms with Crippen LogP contribution in [-0.4, -0.2) is 0 Å². The van der Waals surface area contributed by atoms with E-state index in [-0.39, 0.29) is 0 Å². The highest BCUT2D eigenvalue weighted by Gasteiger charge is 2.19. The quantitative estimate of drug-likeness (QED) is 0.455. The summed E-state index contributed by atoms with van der Waals surface area (Å²) in [6.07, 6.45) is 6.63. The van der Waals surface area contributed by atoms with Gasteiger partial charge in [-0.2, -0.15) is 0 Å². The van der Waals surface area contributed by atoms with Crippen LogP contribution in [0.15, 0.2) is 12.2 Å². The van der Waals surface area contributed by atoms with Crippen molar-refractivity contribution in [3.8, 4) is 0 Å². The molecule has 0 aromatic heterocycles. The fraction of sp³-hybridized carbons (Fsp3) is 0.875. The summed E-state index contributed by atoms with van der Waals surface area (Å²) in [7, 11) is 0. The van der Waals surface area contributed by atoms with Crippen LogP contribution < -0.4 is 0 Å². The van der Waals surface area contributed by atoms with Crippen molar-refractivity contribution in [2.24, 2.45) is 17.3 Å². The molecule has 0 aliphatic rings. The molecule has 16 heavy (non-hydrogen) atoms. The monoisotopic (exact) mass is 224 g/mol. The minimum absolute atomic E-state index is 0.515. The summed E-state index contributed by atoms with van der Waals surface area (Å²) in [5.41, 5.74) is 1.88. The first-order valence-electron chi connectivity index (χ1n) is 6.94. The minimum atomic E-state index is 0.515. The normalized spacial score (nSPS) is 14.2. The SMILES string of the molecule is C=C(C)C(CC)CCCC(C)(C)CC(C)C. The number of rotatable bonds is 8. The van der Waals surface area contributed by atoms with E-state index in [0.29, 0.717) is 5.41 Å². The van der Waals surface area contributed by atoms with Gasteiger partial charge in [-0.25, -0.2) is 0 Å². The van der Waals surface area contributed by atoms with E-state index in [1.165, 1.54) is 37.7 Å². The van der Waals surface area contributed by atoms with Crippen molar-refractivity contribution in [3.63, 3.8) is 0 Å². The molecule has 0 saturated heterocycles. The zero-order valence-electron chi connectivity index (χ0n) is 12.4. The van der Waals surface area contributed by atoms with Gasteiger partial charge in [0.15, 0.2) is 0 Å². The maximum absolute atomic E-state index is 4.09. The maximum atomic E-state index is 4.09. The molecule has 0 heteroatoms. The van der Waals surface area contributed by atoms with Crippen LogP contribution in [-0.2, 0) is 0 Å². The minimum Gasteiger partial charge on any atom is -0.0999 e. The third kappa shape index (κ3) is 7.09. The van der Waals surface area contributed by atoms with E-state index in [1.807, 2.05) is 0 Å². The predicted octanol–water partition coefficient (Wildman–Crippen LogP) is 5.83.